The van der Waals surface area contributed by atoms with Crippen molar-refractivity contribution in [3.05, 3.63) is 65.5 Å². The molecule has 6 nitrogen and oxygen atoms in total. The maximum atomic E-state index is 13.1. The third-order valence-electron chi connectivity index (χ3n) is 4.48. The van der Waals surface area contributed by atoms with Crippen molar-refractivity contribution >= 4 is 29.0 Å². The van der Waals surface area contributed by atoms with Crippen molar-refractivity contribution in [3.63, 3.8) is 0 Å². The van der Waals surface area contributed by atoms with Gasteiger partial charge in [0.05, 0.1) is 5.69 Å². The molecule has 2 amide bonds. The molecule has 0 aromatic heterocycles. The van der Waals surface area contributed by atoms with Crippen molar-refractivity contribution in [1.82, 2.24) is 0 Å². The molecule has 2 heterocycles. The van der Waals surface area contributed by atoms with Crippen molar-refractivity contribution in [1.29, 1.82) is 0 Å². The zero-order valence-corrected chi connectivity index (χ0v) is 13.7. The van der Waals surface area contributed by atoms with Crippen LogP contribution in [0.15, 0.2) is 53.7 Å². The number of rotatable bonds is 3. The van der Waals surface area contributed by atoms with Gasteiger partial charge in [0.15, 0.2) is 5.78 Å². The summed E-state index contributed by atoms with van der Waals surface area (Å²) in [6.45, 7) is 1.44. The van der Waals surface area contributed by atoms with E-state index in [-0.39, 0.29) is 5.78 Å². The number of anilines is 1. The van der Waals surface area contributed by atoms with Crippen molar-refractivity contribution in [2.75, 3.05) is 4.90 Å². The molecule has 0 bridgehead atoms. The first-order chi connectivity index (χ1) is 12.5. The molecular formula is C19H13FN2O4. The fraction of sp³-hybridized carbons (Fsp3) is 0.158. The largest absolute Gasteiger partial charge is 0.381 e. The third kappa shape index (κ3) is 2.40. The summed E-state index contributed by atoms with van der Waals surface area (Å²) >= 11 is 0. The number of hydrogen-bond donors (Lipinski definition) is 0. The summed E-state index contributed by atoms with van der Waals surface area (Å²) in [5.41, 5.74) is 1.67. The Morgan fingerprint density at radius 2 is 1.69 bits per heavy atom. The minimum absolute atomic E-state index is 0.110. The number of ketones is 1. The Morgan fingerprint density at radius 3 is 2.31 bits per heavy atom. The van der Waals surface area contributed by atoms with Crippen LogP contribution in [0, 0.1) is 11.7 Å². The van der Waals surface area contributed by atoms with Gasteiger partial charge in [-0.25, -0.2) is 9.29 Å². The minimum atomic E-state index is -1.03. The maximum absolute atomic E-state index is 13.1. The number of hydrogen-bond acceptors (Lipinski definition) is 5. The molecule has 0 N–H and O–H groups in total. The molecule has 0 aliphatic carbocycles. The van der Waals surface area contributed by atoms with E-state index in [2.05, 4.69) is 5.16 Å². The lowest BCUT2D eigenvalue weighted by Crippen LogP contribution is -2.33. The van der Waals surface area contributed by atoms with E-state index in [9.17, 15) is 18.8 Å². The van der Waals surface area contributed by atoms with Gasteiger partial charge in [-0.05, 0) is 43.3 Å². The summed E-state index contributed by atoms with van der Waals surface area (Å²) in [4.78, 5) is 43.1. The predicted molar refractivity (Wildman–Crippen MR) is 90.2 cm³/mol. The molecule has 0 radical (unpaired) electrons. The molecule has 1 fully saturated rings. The zero-order chi connectivity index (χ0) is 18.4. The number of oxime groups is 1. The van der Waals surface area contributed by atoms with Crippen LogP contribution in [0.2, 0.25) is 0 Å². The minimum Gasteiger partial charge on any atom is -0.381 e. The highest BCUT2D eigenvalue weighted by atomic mass is 19.1. The highest BCUT2D eigenvalue weighted by molar-refractivity contribution is 6.32. The van der Waals surface area contributed by atoms with Crippen molar-refractivity contribution in [2.24, 2.45) is 11.1 Å². The number of amides is 2. The van der Waals surface area contributed by atoms with Crippen LogP contribution in [0.1, 0.15) is 22.8 Å². The predicted octanol–water partition coefficient (Wildman–Crippen LogP) is 2.32. The van der Waals surface area contributed by atoms with Crippen LogP contribution in [0.3, 0.4) is 0 Å². The first-order valence-electron chi connectivity index (χ1n) is 7.96. The Balaban J connectivity index is 1.66. The molecule has 2 atom stereocenters. The fourth-order valence-corrected chi connectivity index (χ4v) is 3.14. The lowest BCUT2D eigenvalue weighted by molar-refractivity contribution is -0.126. The molecule has 2 aromatic rings. The van der Waals surface area contributed by atoms with Crippen LogP contribution in [0.25, 0.3) is 0 Å². The van der Waals surface area contributed by atoms with Gasteiger partial charge < -0.3 is 4.84 Å². The van der Waals surface area contributed by atoms with E-state index in [1.54, 1.807) is 24.3 Å². The number of carbonyl (C=O) groups is 3. The Labute approximate surface area is 147 Å². The SMILES string of the molecule is CC(=O)c1ccc(N2C(=O)[C@H]3C(c4ccc(F)cc4)=NO[C@H]3C2=O)cc1. The molecular weight excluding hydrogens is 339 g/mol. The first-order valence-corrected chi connectivity index (χ1v) is 7.96. The third-order valence-corrected chi connectivity index (χ3v) is 4.48. The van der Waals surface area contributed by atoms with Crippen molar-refractivity contribution in [3.8, 4) is 0 Å². The number of halogens is 1. The van der Waals surface area contributed by atoms with Gasteiger partial charge in [-0.1, -0.05) is 17.3 Å². The topological polar surface area (TPSA) is 76.0 Å². The van der Waals surface area contributed by atoms with Gasteiger partial charge in [0.25, 0.3) is 5.91 Å². The summed E-state index contributed by atoms with van der Waals surface area (Å²) in [5.74, 6) is -2.37. The lowest BCUT2D eigenvalue weighted by Gasteiger charge is -2.15. The van der Waals surface area contributed by atoms with Crippen LogP contribution in [-0.2, 0) is 14.4 Å². The van der Waals surface area contributed by atoms with E-state index in [4.69, 9.17) is 4.84 Å². The van der Waals surface area contributed by atoms with Crippen LogP contribution in [-0.4, -0.2) is 29.4 Å². The smallest absolute Gasteiger partial charge is 0.278 e. The van der Waals surface area contributed by atoms with Crippen LogP contribution < -0.4 is 4.90 Å². The molecule has 0 saturated carbocycles. The van der Waals surface area contributed by atoms with E-state index in [1.807, 2.05) is 0 Å². The second-order valence-electron chi connectivity index (χ2n) is 6.10. The molecule has 130 valence electrons. The van der Waals surface area contributed by atoms with Gasteiger partial charge in [0.1, 0.15) is 17.4 Å². The Morgan fingerprint density at radius 1 is 1.04 bits per heavy atom. The highest BCUT2D eigenvalue weighted by Gasteiger charge is 2.56. The summed E-state index contributed by atoms with van der Waals surface area (Å²) in [7, 11) is 0. The van der Waals surface area contributed by atoms with Gasteiger partial charge in [-0.3, -0.25) is 14.4 Å². The van der Waals surface area contributed by atoms with Gasteiger partial charge in [0.2, 0.25) is 12.0 Å². The number of carbonyl (C=O) groups excluding carboxylic acids is 3. The molecule has 1 saturated heterocycles. The maximum Gasteiger partial charge on any atom is 0.278 e. The monoisotopic (exact) mass is 352 g/mol. The van der Waals surface area contributed by atoms with Crippen LogP contribution in [0.5, 0.6) is 0 Å². The normalized spacial score (nSPS) is 21.5. The number of imide groups is 1. The van der Waals surface area contributed by atoms with Crippen molar-refractivity contribution < 1.29 is 23.6 Å². The molecule has 2 aromatic carbocycles. The average Bonchev–Trinajstić information content (AvgIpc) is 3.17. The zero-order valence-electron chi connectivity index (χ0n) is 13.7. The van der Waals surface area contributed by atoms with Gasteiger partial charge in [-0.2, -0.15) is 0 Å². The van der Waals surface area contributed by atoms with E-state index in [0.717, 1.165) is 4.90 Å². The molecule has 7 heteroatoms. The van der Waals surface area contributed by atoms with E-state index in [1.165, 1.54) is 31.2 Å². The highest BCUT2D eigenvalue weighted by Crippen LogP contribution is 2.35. The van der Waals surface area contributed by atoms with E-state index in [0.29, 0.717) is 22.5 Å². The first kappa shape index (κ1) is 16.1. The standard InChI is InChI=1S/C19H13FN2O4/c1-10(23)11-4-8-14(9-5-11)22-18(24)15-16(21-26-17(15)19(22)25)12-2-6-13(20)7-3-12/h2-9,15,17H,1H3/t15-,17+/m0/s1. The summed E-state index contributed by atoms with van der Waals surface area (Å²) in [6.07, 6.45) is -1.03. The molecule has 2 aliphatic rings. The Kier molecular flexibility index (Phi) is 3.64. The van der Waals surface area contributed by atoms with E-state index < -0.39 is 29.7 Å². The van der Waals surface area contributed by atoms with Gasteiger partial charge in [0, 0.05) is 11.1 Å². The quantitative estimate of drug-likeness (QED) is 0.627. The van der Waals surface area contributed by atoms with Crippen molar-refractivity contribution in [2.45, 2.75) is 13.0 Å². The summed E-state index contributed by atoms with van der Waals surface area (Å²) in [6, 6.07) is 11.7. The summed E-state index contributed by atoms with van der Waals surface area (Å²) < 4.78 is 13.1. The number of nitrogens with zero attached hydrogens (tertiary/aromatic N) is 2. The molecule has 0 spiro atoms. The Bertz CT molecular complexity index is 951. The molecule has 26 heavy (non-hydrogen) atoms. The fourth-order valence-electron chi connectivity index (χ4n) is 3.14. The average molecular weight is 352 g/mol. The van der Waals surface area contributed by atoms with Crippen LogP contribution in [0.4, 0.5) is 10.1 Å². The van der Waals surface area contributed by atoms with Gasteiger partial charge in [-0.15, -0.1) is 0 Å². The Hall–Kier alpha value is -3.35. The number of fused-ring (bicyclic) bond motifs is 1. The summed E-state index contributed by atoms with van der Waals surface area (Å²) in [5, 5.41) is 3.87. The second-order valence-corrected chi connectivity index (χ2v) is 6.10. The molecule has 4 rings (SSSR count). The van der Waals surface area contributed by atoms with E-state index >= 15 is 0 Å². The van der Waals surface area contributed by atoms with Crippen LogP contribution >= 0.6 is 0 Å². The lowest BCUT2D eigenvalue weighted by atomic mass is 9.94. The second kappa shape index (κ2) is 5.87. The molecule has 2 aliphatic heterocycles. The number of Topliss-reactive ketones (excluding diaryl/α,β-unsaturated/α-hetero) is 1. The number of benzene rings is 2. The molecule has 0 unspecified atom stereocenters. The van der Waals surface area contributed by atoms with Gasteiger partial charge >= 0.3 is 0 Å².